The molecule has 1 heterocycles. The van der Waals surface area contributed by atoms with Crippen LogP contribution in [0.4, 0.5) is 0 Å². The summed E-state index contributed by atoms with van der Waals surface area (Å²) in [6.45, 7) is 1.33. The molecule has 25 heavy (non-hydrogen) atoms. The molecule has 4 nitrogen and oxygen atoms in total. The third-order valence-corrected chi connectivity index (χ3v) is 4.61. The van der Waals surface area contributed by atoms with E-state index >= 15 is 0 Å². The van der Waals surface area contributed by atoms with E-state index in [9.17, 15) is 4.79 Å². The van der Waals surface area contributed by atoms with Crippen LogP contribution < -0.4 is 5.32 Å². The van der Waals surface area contributed by atoms with E-state index in [0.717, 1.165) is 18.5 Å². The van der Waals surface area contributed by atoms with Gasteiger partial charge in [-0.05, 0) is 23.1 Å². The Bertz CT molecular complexity index is 693. The van der Waals surface area contributed by atoms with E-state index in [4.69, 9.17) is 4.74 Å². The molecule has 1 aliphatic rings. The minimum Gasteiger partial charge on any atom is -0.380 e. The molecule has 3 rings (SSSR count). The van der Waals surface area contributed by atoms with Crippen LogP contribution in [0.25, 0.3) is 11.1 Å². The third kappa shape index (κ3) is 4.60. The number of rotatable bonds is 5. The van der Waals surface area contributed by atoms with E-state index < -0.39 is 0 Å². The lowest BCUT2D eigenvalue weighted by molar-refractivity contribution is -0.132. The van der Waals surface area contributed by atoms with Crippen LogP contribution in [0, 0.1) is 0 Å². The van der Waals surface area contributed by atoms with Crippen molar-refractivity contribution in [3.8, 4) is 11.1 Å². The van der Waals surface area contributed by atoms with E-state index in [1.807, 2.05) is 37.4 Å². The van der Waals surface area contributed by atoms with Gasteiger partial charge in [0.15, 0.2) is 0 Å². The zero-order chi connectivity index (χ0) is 16.9. The predicted molar refractivity (Wildman–Crippen MR) is 103 cm³/mol. The topological polar surface area (TPSA) is 41.6 Å². The van der Waals surface area contributed by atoms with E-state index in [1.165, 1.54) is 11.1 Å². The number of methoxy groups -OCH3 is 1. The van der Waals surface area contributed by atoms with Gasteiger partial charge in [-0.15, -0.1) is 12.4 Å². The number of benzene rings is 2. The van der Waals surface area contributed by atoms with Gasteiger partial charge in [0.25, 0.3) is 0 Å². The SMILES string of the molecule is CO[C@@H]1CN[C@H](C(=O)N(C)Cc2ccccc2-c2ccccc2)C1.Cl. The number of hydrogen-bond donors (Lipinski definition) is 1. The highest BCUT2D eigenvalue weighted by atomic mass is 35.5. The number of halogens is 1. The van der Waals surface area contributed by atoms with Gasteiger partial charge in [0.05, 0.1) is 12.1 Å². The molecule has 0 aromatic heterocycles. The molecular formula is C20H25ClN2O2. The Morgan fingerprint density at radius 3 is 2.52 bits per heavy atom. The molecule has 1 N–H and O–H groups in total. The van der Waals surface area contributed by atoms with Crippen LogP contribution in [0.15, 0.2) is 54.6 Å². The number of carbonyl (C=O) groups is 1. The van der Waals surface area contributed by atoms with Crippen molar-refractivity contribution >= 4 is 18.3 Å². The summed E-state index contributed by atoms with van der Waals surface area (Å²) >= 11 is 0. The Kier molecular flexibility index (Phi) is 7.00. The first-order valence-electron chi connectivity index (χ1n) is 8.33. The van der Waals surface area contributed by atoms with Gasteiger partial charge in [0.2, 0.25) is 5.91 Å². The second kappa shape index (κ2) is 8.99. The Balaban J connectivity index is 0.00000225. The van der Waals surface area contributed by atoms with Crippen molar-refractivity contribution in [2.24, 2.45) is 0 Å². The number of nitrogens with one attached hydrogen (secondary N) is 1. The molecule has 0 unspecified atom stereocenters. The van der Waals surface area contributed by atoms with Crippen LogP contribution in [0.2, 0.25) is 0 Å². The van der Waals surface area contributed by atoms with Crippen molar-refractivity contribution in [3.05, 3.63) is 60.2 Å². The summed E-state index contributed by atoms with van der Waals surface area (Å²) in [6.07, 6.45) is 0.865. The quantitative estimate of drug-likeness (QED) is 0.890. The van der Waals surface area contributed by atoms with E-state index in [0.29, 0.717) is 6.54 Å². The molecule has 0 bridgehead atoms. The first kappa shape index (κ1) is 19.4. The summed E-state index contributed by atoms with van der Waals surface area (Å²) in [7, 11) is 3.56. The van der Waals surface area contributed by atoms with Crippen LogP contribution in [-0.2, 0) is 16.1 Å². The molecule has 5 heteroatoms. The molecule has 1 amide bonds. The normalized spacial score (nSPS) is 19.3. The summed E-state index contributed by atoms with van der Waals surface area (Å²) in [4.78, 5) is 14.5. The average molecular weight is 361 g/mol. The fourth-order valence-corrected chi connectivity index (χ4v) is 3.23. The number of hydrogen-bond acceptors (Lipinski definition) is 3. The van der Waals surface area contributed by atoms with Crippen molar-refractivity contribution in [1.82, 2.24) is 10.2 Å². The zero-order valence-electron chi connectivity index (χ0n) is 14.6. The maximum absolute atomic E-state index is 12.7. The minimum absolute atomic E-state index is 0. The summed E-state index contributed by atoms with van der Waals surface area (Å²) in [5.74, 6) is 0.123. The van der Waals surface area contributed by atoms with Crippen LogP contribution >= 0.6 is 12.4 Å². The fourth-order valence-electron chi connectivity index (χ4n) is 3.23. The van der Waals surface area contributed by atoms with Crippen molar-refractivity contribution in [3.63, 3.8) is 0 Å². The number of amides is 1. The minimum atomic E-state index is -0.149. The number of likely N-dealkylation sites (N-methyl/N-ethyl adjacent to an activating group) is 1. The van der Waals surface area contributed by atoms with E-state index in [1.54, 1.807) is 12.0 Å². The highest BCUT2D eigenvalue weighted by molar-refractivity contribution is 5.85. The largest absolute Gasteiger partial charge is 0.380 e. The van der Waals surface area contributed by atoms with E-state index in [-0.39, 0.29) is 30.5 Å². The average Bonchev–Trinajstić information content (AvgIpc) is 3.11. The molecule has 0 aliphatic carbocycles. The van der Waals surface area contributed by atoms with Gasteiger partial charge in [0, 0.05) is 27.2 Å². The molecule has 0 saturated carbocycles. The van der Waals surface area contributed by atoms with Crippen LogP contribution in [0.1, 0.15) is 12.0 Å². The van der Waals surface area contributed by atoms with Crippen LogP contribution in [-0.4, -0.2) is 43.7 Å². The lowest BCUT2D eigenvalue weighted by atomic mass is 9.99. The maximum Gasteiger partial charge on any atom is 0.239 e. The molecule has 2 aromatic rings. The zero-order valence-corrected chi connectivity index (χ0v) is 15.5. The molecule has 2 aromatic carbocycles. The molecule has 2 atom stereocenters. The molecule has 134 valence electrons. The summed E-state index contributed by atoms with van der Waals surface area (Å²) < 4.78 is 5.33. The summed E-state index contributed by atoms with van der Waals surface area (Å²) in [6, 6.07) is 18.4. The van der Waals surface area contributed by atoms with Gasteiger partial charge in [-0.2, -0.15) is 0 Å². The third-order valence-electron chi connectivity index (χ3n) is 4.61. The summed E-state index contributed by atoms with van der Waals surface area (Å²) in [5, 5.41) is 3.25. The Morgan fingerprint density at radius 1 is 1.16 bits per heavy atom. The molecule has 1 aliphatic heterocycles. The predicted octanol–water partition coefficient (Wildman–Crippen LogP) is 3.11. The first-order valence-corrected chi connectivity index (χ1v) is 8.33. The number of ether oxygens (including phenoxy) is 1. The van der Waals surface area contributed by atoms with Crippen LogP contribution in [0.5, 0.6) is 0 Å². The van der Waals surface area contributed by atoms with Crippen molar-refractivity contribution in [2.75, 3.05) is 20.7 Å². The molecular weight excluding hydrogens is 336 g/mol. The highest BCUT2D eigenvalue weighted by Gasteiger charge is 2.31. The van der Waals surface area contributed by atoms with Gasteiger partial charge in [-0.1, -0.05) is 54.6 Å². The van der Waals surface area contributed by atoms with Crippen LogP contribution in [0.3, 0.4) is 0 Å². The molecule has 1 fully saturated rings. The van der Waals surface area contributed by atoms with Gasteiger partial charge in [0.1, 0.15) is 0 Å². The van der Waals surface area contributed by atoms with Gasteiger partial charge >= 0.3 is 0 Å². The van der Waals surface area contributed by atoms with Gasteiger partial charge in [-0.3, -0.25) is 4.79 Å². The second-order valence-corrected chi connectivity index (χ2v) is 6.27. The summed E-state index contributed by atoms with van der Waals surface area (Å²) in [5.41, 5.74) is 3.50. The molecule has 0 spiro atoms. The molecule has 1 saturated heterocycles. The van der Waals surface area contributed by atoms with E-state index in [2.05, 4.69) is 29.6 Å². The molecule has 0 radical (unpaired) electrons. The Morgan fingerprint density at radius 2 is 1.84 bits per heavy atom. The first-order chi connectivity index (χ1) is 11.7. The standard InChI is InChI=1S/C20H24N2O2.ClH/c1-22(20(23)19-12-17(24-2)13-21-19)14-16-10-6-7-11-18(16)15-8-4-3-5-9-15;/h3-11,17,19,21H,12-14H2,1-2H3;1H/t17-,19-;/m0./s1. The van der Waals surface area contributed by atoms with Crippen molar-refractivity contribution < 1.29 is 9.53 Å². The second-order valence-electron chi connectivity index (χ2n) is 6.27. The smallest absolute Gasteiger partial charge is 0.239 e. The lowest BCUT2D eigenvalue weighted by Crippen LogP contribution is -2.41. The van der Waals surface area contributed by atoms with Gasteiger partial charge < -0.3 is 15.0 Å². The maximum atomic E-state index is 12.7. The highest BCUT2D eigenvalue weighted by Crippen LogP contribution is 2.24. The Hall–Kier alpha value is -1.88. The Labute approximate surface area is 155 Å². The lowest BCUT2D eigenvalue weighted by Gasteiger charge is -2.22. The number of nitrogens with zero attached hydrogens (tertiary/aromatic N) is 1. The number of carbonyl (C=O) groups excluding carboxylic acids is 1. The fraction of sp³-hybridized carbons (Fsp3) is 0.350. The monoisotopic (exact) mass is 360 g/mol. The van der Waals surface area contributed by atoms with Gasteiger partial charge in [-0.25, -0.2) is 0 Å². The van der Waals surface area contributed by atoms with Crippen molar-refractivity contribution in [2.45, 2.75) is 25.1 Å². The van der Waals surface area contributed by atoms with Crippen molar-refractivity contribution in [1.29, 1.82) is 0 Å².